The summed E-state index contributed by atoms with van der Waals surface area (Å²) < 4.78 is 0. The lowest BCUT2D eigenvalue weighted by Gasteiger charge is -2.24. The second-order valence-corrected chi connectivity index (χ2v) is 5.98. The zero-order valence-electron chi connectivity index (χ0n) is 12.2. The van der Waals surface area contributed by atoms with Gasteiger partial charge in [0.25, 0.3) is 0 Å². The lowest BCUT2D eigenvalue weighted by atomic mass is 10.1. The van der Waals surface area contributed by atoms with Crippen LogP contribution in [0.1, 0.15) is 38.8 Å². The summed E-state index contributed by atoms with van der Waals surface area (Å²) in [5, 5.41) is 6.20. The molecule has 1 atom stereocenters. The van der Waals surface area contributed by atoms with E-state index >= 15 is 0 Å². The number of hydrogen-bond acceptors (Lipinski definition) is 2. The molecule has 0 saturated carbocycles. The highest BCUT2D eigenvalue weighted by Crippen LogP contribution is 2.15. The fraction of sp³-hybridized carbons (Fsp3) is 0.533. The number of aryl methyl sites for hydroxylation is 2. The Morgan fingerprint density at radius 2 is 1.61 bits per heavy atom. The van der Waals surface area contributed by atoms with E-state index in [-0.39, 0.29) is 17.5 Å². The van der Waals surface area contributed by atoms with Crippen LogP contribution in [0.4, 0.5) is 5.69 Å². The molecule has 0 spiro atoms. The summed E-state index contributed by atoms with van der Waals surface area (Å²) in [7, 11) is 0. The van der Waals surface area contributed by atoms with Crippen molar-refractivity contribution in [3.05, 3.63) is 29.3 Å². The first-order valence-corrected chi connectivity index (χ1v) is 6.34. The number of benzene rings is 1. The van der Waals surface area contributed by atoms with Crippen molar-refractivity contribution >= 4 is 11.6 Å². The maximum atomic E-state index is 12.0. The van der Waals surface area contributed by atoms with Gasteiger partial charge in [0.1, 0.15) is 6.04 Å². The minimum Gasteiger partial charge on any atom is -0.374 e. The molecule has 18 heavy (non-hydrogen) atoms. The number of nitrogens with one attached hydrogen (secondary N) is 2. The molecule has 1 aromatic carbocycles. The molecule has 0 heterocycles. The van der Waals surface area contributed by atoms with Gasteiger partial charge in [0.15, 0.2) is 0 Å². The van der Waals surface area contributed by atoms with E-state index in [4.69, 9.17) is 0 Å². The van der Waals surface area contributed by atoms with E-state index in [9.17, 15) is 4.79 Å². The monoisotopic (exact) mass is 248 g/mol. The predicted octanol–water partition coefficient (Wildman–Crippen LogP) is 3.02. The standard InChI is InChI=1S/C15H24N2O/c1-10-7-11(2)9-13(8-10)16-12(3)14(18)17-15(4,5)6/h7-9,12,16H,1-6H3,(H,17,18). The van der Waals surface area contributed by atoms with Crippen molar-refractivity contribution in [1.29, 1.82) is 0 Å². The van der Waals surface area contributed by atoms with Gasteiger partial charge in [-0.05, 0) is 64.8 Å². The van der Waals surface area contributed by atoms with Gasteiger partial charge in [-0.3, -0.25) is 4.79 Å². The number of amides is 1. The first kappa shape index (κ1) is 14.6. The Hall–Kier alpha value is -1.51. The normalized spacial score (nSPS) is 13.0. The van der Waals surface area contributed by atoms with Crippen LogP contribution in [-0.4, -0.2) is 17.5 Å². The van der Waals surface area contributed by atoms with Gasteiger partial charge in [-0.15, -0.1) is 0 Å². The second-order valence-electron chi connectivity index (χ2n) is 5.98. The third-order valence-electron chi connectivity index (χ3n) is 2.50. The van der Waals surface area contributed by atoms with Crippen LogP contribution in [0.2, 0.25) is 0 Å². The summed E-state index contributed by atoms with van der Waals surface area (Å²) in [5.41, 5.74) is 3.18. The lowest BCUT2D eigenvalue weighted by molar-refractivity contribution is -0.122. The average Bonchev–Trinajstić information content (AvgIpc) is 2.12. The Morgan fingerprint density at radius 3 is 2.06 bits per heavy atom. The van der Waals surface area contributed by atoms with Crippen molar-refractivity contribution in [2.75, 3.05) is 5.32 Å². The fourth-order valence-electron chi connectivity index (χ4n) is 1.85. The SMILES string of the molecule is Cc1cc(C)cc(NC(C)C(=O)NC(C)(C)C)c1. The van der Waals surface area contributed by atoms with E-state index in [0.29, 0.717) is 0 Å². The van der Waals surface area contributed by atoms with Crippen LogP contribution in [0.3, 0.4) is 0 Å². The second kappa shape index (κ2) is 5.42. The zero-order chi connectivity index (χ0) is 13.9. The first-order chi connectivity index (χ1) is 8.17. The zero-order valence-corrected chi connectivity index (χ0v) is 12.2. The molecule has 0 fully saturated rings. The summed E-state index contributed by atoms with van der Waals surface area (Å²) in [6, 6.07) is 5.97. The van der Waals surface area contributed by atoms with Crippen molar-refractivity contribution in [2.45, 2.75) is 53.1 Å². The highest BCUT2D eigenvalue weighted by molar-refractivity contribution is 5.84. The number of carbonyl (C=O) groups excluding carboxylic acids is 1. The molecule has 3 nitrogen and oxygen atoms in total. The molecule has 0 radical (unpaired) electrons. The molecule has 100 valence electrons. The van der Waals surface area contributed by atoms with E-state index in [0.717, 1.165) is 5.69 Å². The Bertz CT molecular complexity index is 412. The highest BCUT2D eigenvalue weighted by atomic mass is 16.2. The van der Waals surface area contributed by atoms with Crippen LogP contribution in [0, 0.1) is 13.8 Å². The van der Waals surface area contributed by atoms with Crippen molar-refractivity contribution in [3.63, 3.8) is 0 Å². The van der Waals surface area contributed by atoms with Gasteiger partial charge in [-0.1, -0.05) is 6.07 Å². The number of rotatable bonds is 3. The molecule has 0 aliphatic carbocycles. The molecule has 0 saturated heterocycles. The largest absolute Gasteiger partial charge is 0.374 e. The van der Waals surface area contributed by atoms with E-state index in [2.05, 4.69) is 30.5 Å². The third-order valence-corrected chi connectivity index (χ3v) is 2.50. The van der Waals surface area contributed by atoms with Gasteiger partial charge >= 0.3 is 0 Å². The Morgan fingerprint density at radius 1 is 1.11 bits per heavy atom. The molecular weight excluding hydrogens is 224 g/mol. The fourth-order valence-corrected chi connectivity index (χ4v) is 1.85. The van der Waals surface area contributed by atoms with Gasteiger partial charge in [-0.2, -0.15) is 0 Å². The molecule has 0 aromatic heterocycles. The topological polar surface area (TPSA) is 41.1 Å². The summed E-state index contributed by atoms with van der Waals surface area (Å²) in [6.45, 7) is 11.9. The quantitative estimate of drug-likeness (QED) is 0.863. The van der Waals surface area contributed by atoms with E-state index < -0.39 is 0 Å². The summed E-state index contributed by atoms with van der Waals surface area (Å²) >= 11 is 0. The van der Waals surface area contributed by atoms with Crippen LogP contribution in [0.25, 0.3) is 0 Å². The van der Waals surface area contributed by atoms with Gasteiger partial charge in [0.05, 0.1) is 0 Å². The molecule has 0 bridgehead atoms. The molecule has 3 heteroatoms. The molecule has 1 amide bonds. The summed E-state index contributed by atoms with van der Waals surface area (Å²) in [6.07, 6.45) is 0. The van der Waals surface area contributed by atoms with Crippen LogP contribution < -0.4 is 10.6 Å². The van der Waals surface area contributed by atoms with Crippen LogP contribution in [-0.2, 0) is 4.79 Å². The van der Waals surface area contributed by atoms with Gasteiger partial charge in [0, 0.05) is 11.2 Å². The Kier molecular flexibility index (Phi) is 4.38. The van der Waals surface area contributed by atoms with Crippen LogP contribution in [0.5, 0.6) is 0 Å². The maximum absolute atomic E-state index is 12.0. The molecule has 1 aromatic rings. The van der Waals surface area contributed by atoms with Crippen LogP contribution >= 0.6 is 0 Å². The number of anilines is 1. The van der Waals surface area contributed by atoms with Crippen molar-refractivity contribution in [3.8, 4) is 0 Å². The first-order valence-electron chi connectivity index (χ1n) is 6.34. The number of carbonyl (C=O) groups is 1. The van der Waals surface area contributed by atoms with Gasteiger partial charge in [0.2, 0.25) is 5.91 Å². The van der Waals surface area contributed by atoms with E-state index in [1.165, 1.54) is 11.1 Å². The van der Waals surface area contributed by atoms with Crippen molar-refractivity contribution in [1.82, 2.24) is 5.32 Å². The minimum atomic E-state index is -0.245. The third kappa shape index (κ3) is 4.78. The molecule has 0 aliphatic rings. The molecule has 1 rings (SSSR count). The lowest BCUT2D eigenvalue weighted by Crippen LogP contribution is -2.47. The predicted molar refractivity (Wildman–Crippen MR) is 76.9 cm³/mol. The molecule has 2 N–H and O–H groups in total. The number of hydrogen-bond donors (Lipinski definition) is 2. The minimum absolute atomic E-state index is 0.0154. The summed E-state index contributed by atoms with van der Waals surface area (Å²) in [4.78, 5) is 12.0. The van der Waals surface area contributed by atoms with Gasteiger partial charge in [-0.25, -0.2) is 0 Å². The van der Waals surface area contributed by atoms with E-state index in [1.807, 2.05) is 39.8 Å². The maximum Gasteiger partial charge on any atom is 0.242 e. The smallest absolute Gasteiger partial charge is 0.242 e. The Balaban J connectivity index is 2.69. The summed E-state index contributed by atoms with van der Waals surface area (Å²) in [5.74, 6) is 0.0154. The van der Waals surface area contributed by atoms with Crippen LogP contribution in [0.15, 0.2) is 18.2 Å². The van der Waals surface area contributed by atoms with Crippen molar-refractivity contribution in [2.24, 2.45) is 0 Å². The molecular formula is C15H24N2O. The Labute approximate surface area is 110 Å². The van der Waals surface area contributed by atoms with Crippen molar-refractivity contribution < 1.29 is 4.79 Å². The molecule has 1 unspecified atom stereocenters. The van der Waals surface area contributed by atoms with E-state index in [1.54, 1.807) is 0 Å². The highest BCUT2D eigenvalue weighted by Gasteiger charge is 2.18. The molecule has 0 aliphatic heterocycles. The van der Waals surface area contributed by atoms with Gasteiger partial charge < -0.3 is 10.6 Å². The average molecular weight is 248 g/mol.